The lowest BCUT2D eigenvalue weighted by Crippen LogP contribution is -2.24. The fraction of sp³-hybridized carbons (Fsp3) is 0.895. The average molecular weight is 346 g/mol. The van der Waals surface area contributed by atoms with E-state index >= 15 is 0 Å². The van der Waals surface area contributed by atoms with Crippen LogP contribution in [-0.4, -0.2) is 65.9 Å². The van der Waals surface area contributed by atoms with Crippen molar-refractivity contribution in [1.82, 2.24) is 5.32 Å². The van der Waals surface area contributed by atoms with Crippen LogP contribution in [0.3, 0.4) is 0 Å². The van der Waals surface area contributed by atoms with Gasteiger partial charge in [-0.3, -0.25) is 0 Å². The maximum atomic E-state index is 5.46. The van der Waals surface area contributed by atoms with Gasteiger partial charge in [-0.2, -0.15) is 0 Å². The summed E-state index contributed by atoms with van der Waals surface area (Å²) in [6, 6.07) is 0. The fourth-order valence-corrected chi connectivity index (χ4v) is 1.64. The Morgan fingerprint density at radius 2 is 1.38 bits per heavy atom. The van der Waals surface area contributed by atoms with Crippen molar-refractivity contribution < 1.29 is 20.4 Å². The summed E-state index contributed by atoms with van der Waals surface area (Å²) in [5.74, 6) is 7.27. The molecule has 144 valence electrons. The lowest BCUT2D eigenvalue weighted by atomic mass is 10.1. The van der Waals surface area contributed by atoms with Gasteiger partial charge in [0.15, 0.2) is 0 Å². The molecule has 0 rings (SSSR count). The Bertz CT molecular complexity index is 318. The van der Waals surface area contributed by atoms with Crippen LogP contribution in [0.15, 0.2) is 0 Å². The molecule has 0 amide bonds. The Hall–Kier alpha value is -0.640. The van der Waals surface area contributed by atoms with E-state index in [2.05, 4.69) is 44.9 Å². The number of rotatable bonds is 16. The van der Waals surface area contributed by atoms with Crippen LogP contribution in [0.2, 0.25) is 0 Å². The highest BCUT2D eigenvalue weighted by atomic mass is 16.6. The number of hydrogen-bond acceptors (Lipinski definition) is 5. The zero-order valence-corrected chi connectivity index (χ0v) is 16.1. The highest BCUT2D eigenvalue weighted by molar-refractivity contribution is 5.02. The Balaban J connectivity index is 0. The lowest BCUT2D eigenvalue weighted by molar-refractivity contribution is 0.00167. The van der Waals surface area contributed by atoms with Crippen molar-refractivity contribution in [3.63, 3.8) is 0 Å². The van der Waals surface area contributed by atoms with E-state index in [0.717, 1.165) is 26.1 Å². The second kappa shape index (κ2) is 18.7. The first-order valence-electron chi connectivity index (χ1n) is 9.16. The van der Waals surface area contributed by atoms with Gasteiger partial charge in [0.25, 0.3) is 0 Å². The molecule has 0 bridgehead atoms. The first-order valence-corrected chi connectivity index (χ1v) is 9.16. The summed E-state index contributed by atoms with van der Waals surface area (Å²) in [5.41, 5.74) is 0. The SMILES string of the molecule is CCC(C)C#CCOCCOCCOCCOCCNCC(C)C.[HH]. The van der Waals surface area contributed by atoms with Crippen molar-refractivity contribution in [2.24, 2.45) is 11.8 Å². The van der Waals surface area contributed by atoms with Gasteiger partial charge in [0.2, 0.25) is 0 Å². The van der Waals surface area contributed by atoms with Crippen LogP contribution in [0, 0.1) is 23.7 Å². The normalized spacial score (nSPS) is 12.2. The van der Waals surface area contributed by atoms with Gasteiger partial charge in [0.05, 0.1) is 46.2 Å². The van der Waals surface area contributed by atoms with E-state index in [0.29, 0.717) is 58.1 Å². The molecule has 0 aromatic rings. The maximum absolute atomic E-state index is 5.46. The molecule has 0 aliphatic heterocycles. The van der Waals surface area contributed by atoms with Crippen LogP contribution in [0.5, 0.6) is 0 Å². The largest absolute Gasteiger partial charge is 0.378 e. The first-order chi connectivity index (χ1) is 11.7. The molecule has 0 aromatic carbocycles. The van der Waals surface area contributed by atoms with Gasteiger partial charge in [0.1, 0.15) is 6.61 Å². The maximum Gasteiger partial charge on any atom is 0.107 e. The second-order valence-corrected chi connectivity index (χ2v) is 6.12. The summed E-state index contributed by atoms with van der Waals surface area (Å²) in [6.07, 6.45) is 1.08. The summed E-state index contributed by atoms with van der Waals surface area (Å²) in [6.45, 7) is 15.3. The molecule has 0 heterocycles. The van der Waals surface area contributed by atoms with Crippen LogP contribution in [0.4, 0.5) is 0 Å². The van der Waals surface area contributed by atoms with Crippen LogP contribution < -0.4 is 5.32 Å². The van der Waals surface area contributed by atoms with Crippen molar-refractivity contribution in [1.29, 1.82) is 0 Å². The summed E-state index contributed by atoms with van der Waals surface area (Å²) >= 11 is 0. The zero-order valence-electron chi connectivity index (χ0n) is 16.1. The summed E-state index contributed by atoms with van der Waals surface area (Å²) in [5, 5.41) is 3.33. The quantitative estimate of drug-likeness (QED) is 0.344. The standard InChI is InChI=1S/C19H37NO4.H2/c1-5-19(4)7-6-9-21-11-13-23-15-16-24-14-12-22-10-8-20-17-18(2)3;/h18-20H,5,8-17H2,1-4H3;1H. The number of nitrogens with one attached hydrogen (secondary N) is 1. The molecular weight excluding hydrogens is 306 g/mol. The monoisotopic (exact) mass is 345 g/mol. The third-order valence-corrected chi connectivity index (χ3v) is 3.23. The molecule has 1 N–H and O–H groups in total. The van der Waals surface area contributed by atoms with Crippen LogP contribution in [0.1, 0.15) is 35.5 Å². The fourth-order valence-electron chi connectivity index (χ4n) is 1.64. The second-order valence-electron chi connectivity index (χ2n) is 6.12. The predicted octanol–water partition coefficient (Wildman–Crippen LogP) is 2.59. The highest BCUT2D eigenvalue weighted by Gasteiger charge is 1.94. The van der Waals surface area contributed by atoms with Crippen molar-refractivity contribution in [2.75, 3.05) is 65.9 Å². The minimum absolute atomic E-state index is 0. The summed E-state index contributed by atoms with van der Waals surface area (Å²) < 4.78 is 21.7. The minimum Gasteiger partial charge on any atom is -0.378 e. The highest BCUT2D eigenvalue weighted by Crippen LogP contribution is 1.95. The molecule has 0 aromatic heterocycles. The molecule has 0 spiro atoms. The van der Waals surface area contributed by atoms with Gasteiger partial charge in [-0.1, -0.05) is 39.5 Å². The molecule has 0 radical (unpaired) electrons. The van der Waals surface area contributed by atoms with Crippen LogP contribution >= 0.6 is 0 Å². The molecule has 0 aliphatic rings. The molecule has 0 saturated carbocycles. The summed E-state index contributed by atoms with van der Waals surface area (Å²) in [4.78, 5) is 0. The van der Waals surface area contributed by atoms with Gasteiger partial charge in [-0.25, -0.2) is 0 Å². The van der Waals surface area contributed by atoms with Crippen LogP contribution in [-0.2, 0) is 18.9 Å². The van der Waals surface area contributed by atoms with Crippen molar-refractivity contribution in [3.8, 4) is 11.8 Å². The Labute approximate surface area is 150 Å². The topological polar surface area (TPSA) is 49.0 Å². The molecule has 0 saturated heterocycles. The number of hydrogen-bond donors (Lipinski definition) is 1. The first kappa shape index (κ1) is 23.4. The molecule has 1 unspecified atom stereocenters. The summed E-state index contributed by atoms with van der Waals surface area (Å²) in [7, 11) is 0. The van der Waals surface area contributed by atoms with Crippen molar-refractivity contribution >= 4 is 0 Å². The average Bonchev–Trinajstić information content (AvgIpc) is 2.57. The molecule has 0 fully saturated rings. The Morgan fingerprint density at radius 3 is 1.92 bits per heavy atom. The third kappa shape index (κ3) is 19.4. The predicted molar refractivity (Wildman–Crippen MR) is 100 cm³/mol. The van der Waals surface area contributed by atoms with Crippen LogP contribution in [0.25, 0.3) is 0 Å². The van der Waals surface area contributed by atoms with E-state index in [1.807, 2.05) is 0 Å². The van der Waals surface area contributed by atoms with Crippen molar-refractivity contribution in [2.45, 2.75) is 34.1 Å². The van der Waals surface area contributed by atoms with Gasteiger partial charge in [-0.05, 0) is 18.9 Å². The van der Waals surface area contributed by atoms with Gasteiger partial charge in [0, 0.05) is 13.9 Å². The molecule has 24 heavy (non-hydrogen) atoms. The van der Waals surface area contributed by atoms with Gasteiger partial charge >= 0.3 is 0 Å². The third-order valence-electron chi connectivity index (χ3n) is 3.23. The van der Waals surface area contributed by atoms with E-state index in [1.165, 1.54) is 0 Å². The molecule has 5 heteroatoms. The minimum atomic E-state index is 0. The molecular formula is C19H39NO4. The van der Waals surface area contributed by atoms with E-state index in [4.69, 9.17) is 18.9 Å². The Kier molecular flexibility index (Phi) is 18.2. The smallest absolute Gasteiger partial charge is 0.107 e. The van der Waals surface area contributed by atoms with E-state index in [9.17, 15) is 0 Å². The van der Waals surface area contributed by atoms with E-state index < -0.39 is 0 Å². The lowest BCUT2D eigenvalue weighted by Gasteiger charge is -2.08. The number of ether oxygens (including phenoxy) is 4. The molecule has 5 nitrogen and oxygen atoms in total. The zero-order chi connectivity index (χ0) is 17.9. The van der Waals surface area contributed by atoms with E-state index in [1.54, 1.807) is 0 Å². The molecule has 1 atom stereocenters. The molecule has 0 aliphatic carbocycles. The Morgan fingerprint density at radius 1 is 0.833 bits per heavy atom. The van der Waals surface area contributed by atoms with Crippen molar-refractivity contribution in [3.05, 3.63) is 0 Å². The van der Waals surface area contributed by atoms with Gasteiger partial charge in [-0.15, -0.1) is 0 Å². The van der Waals surface area contributed by atoms with Gasteiger partial charge < -0.3 is 24.3 Å². The van der Waals surface area contributed by atoms with E-state index in [-0.39, 0.29) is 1.43 Å².